The van der Waals surface area contributed by atoms with Crippen molar-refractivity contribution in [1.29, 1.82) is 0 Å². The molecule has 0 saturated carbocycles. The number of thioether (sulfide) groups is 1. The van der Waals surface area contributed by atoms with Crippen molar-refractivity contribution in [1.82, 2.24) is 0 Å². The number of hydrogen-bond donors (Lipinski definition) is 1. The summed E-state index contributed by atoms with van der Waals surface area (Å²) in [5.74, 6) is -0.480. The number of allylic oxidation sites excluding steroid dienone is 1. The lowest BCUT2D eigenvalue weighted by atomic mass is 10.1. The Morgan fingerprint density at radius 3 is 2.28 bits per heavy atom. The molecule has 0 spiro atoms. The molecule has 0 unspecified atom stereocenters. The van der Waals surface area contributed by atoms with Crippen LogP contribution in [0.3, 0.4) is 0 Å². The highest BCUT2D eigenvalue weighted by Crippen LogP contribution is 2.41. The van der Waals surface area contributed by atoms with E-state index < -0.39 is 11.6 Å². The molecule has 0 bridgehead atoms. The highest BCUT2D eigenvalue weighted by molar-refractivity contribution is 7.98. The van der Waals surface area contributed by atoms with Crippen LogP contribution in [0.15, 0.2) is 51.8 Å². The average molecular weight is 457 g/mol. The molecule has 1 N–H and O–H groups in total. The molecule has 168 valence electrons. The first-order valence-electron chi connectivity index (χ1n) is 9.67. The molecule has 0 atom stereocenters. The minimum absolute atomic E-state index is 0.160. The van der Waals surface area contributed by atoms with Crippen LogP contribution in [0.4, 0.5) is 0 Å². The van der Waals surface area contributed by atoms with Crippen LogP contribution < -0.4 is 14.2 Å². The first kappa shape index (κ1) is 23.3. The van der Waals surface area contributed by atoms with E-state index in [1.54, 1.807) is 36.0 Å². The molecule has 7 nitrogen and oxygen atoms in total. The monoisotopic (exact) mass is 456 g/mol. The van der Waals surface area contributed by atoms with Gasteiger partial charge in [-0.3, -0.25) is 4.79 Å². The molecular formula is C24H24O7S. The van der Waals surface area contributed by atoms with E-state index in [1.807, 2.05) is 24.5 Å². The summed E-state index contributed by atoms with van der Waals surface area (Å²) < 4.78 is 22.1. The molecule has 0 fully saturated rings. The number of ether oxygens (including phenoxy) is 3. The quantitative estimate of drug-likeness (QED) is 0.263. The molecule has 1 heterocycles. The number of rotatable bonds is 9. The van der Waals surface area contributed by atoms with Gasteiger partial charge in [-0.1, -0.05) is 6.08 Å². The third kappa shape index (κ3) is 4.91. The van der Waals surface area contributed by atoms with Crippen molar-refractivity contribution in [2.75, 3.05) is 20.5 Å². The number of hydrogen-bond acceptors (Lipinski definition) is 7. The predicted molar refractivity (Wildman–Crippen MR) is 123 cm³/mol. The Morgan fingerprint density at radius 2 is 1.72 bits per heavy atom. The van der Waals surface area contributed by atoms with Crippen molar-refractivity contribution in [3.63, 3.8) is 0 Å². The van der Waals surface area contributed by atoms with E-state index in [2.05, 4.69) is 0 Å². The van der Waals surface area contributed by atoms with Crippen LogP contribution in [0, 0.1) is 0 Å². The van der Waals surface area contributed by atoms with E-state index in [-0.39, 0.29) is 28.8 Å². The van der Waals surface area contributed by atoms with Gasteiger partial charge < -0.3 is 23.7 Å². The summed E-state index contributed by atoms with van der Waals surface area (Å²) in [6, 6.07) is 10.7. The average Bonchev–Trinajstić information content (AvgIpc) is 3.20. The number of carbonyl (C=O) groups is 2. The van der Waals surface area contributed by atoms with Gasteiger partial charge in [0, 0.05) is 10.3 Å². The number of carboxylic acids is 1. The maximum absolute atomic E-state index is 12.6. The highest BCUT2D eigenvalue weighted by Gasteiger charge is 2.32. The lowest BCUT2D eigenvalue weighted by molar-refractivity contribution is -0.152. The zero-order chi connectivity index (χ0) is 23.5. The molecule has 0 aliphatic heterocycles. The fourth-order valence-corrected chi connectivity index (χ4v) is 3.34. The summed E-state index contributed by atoms with van der Waals surface area (Å²) in [6.07, 6.45) is 4.96. The van der Waals surface area contributed by atoms with E-state index in [9.17, 15) is 14.7 Å². The number of furan rings is 1. The molecule has 0 radical (unpaired) electrons. The Balaban J connectivity index is 1.89. The van der Waals surface area contributed by atoms with Crippen LogP contribution in [-0.2, 0) is 4.79 Å². The molecule has 0 aliphatic rings. The summed E-state index contributed by atoms with van der Waals surface area (Å²) in [5.41, 5.74) is -0.238. The summed E-state index contributed by atoms with van der Waals surface area (Å²) in [6.45, 7) is 2.85. The number of carbonyl (C=O) groups excluding carboxylic acids is 1. The van der Waals surface area contributed by atoms with E-state index >= 15 is 0 Å². The summed E-state index contributed by atoms with van der Waals surface area (Å²) in [5, 5.41) is 10.2. The molecule has 3 aromatic rings. The van der Waals surface area contributed by atoms with E-state index in [0.29, 0.717) is 11.1 Å². The Kier molecular flexibility index (Phi) is 6.84. The van der Waals surface area contributed by atoms with Gasteiger partial charge in [-0.15, -0.1) is 11.8 Å². The van der Waals surface area contributed by atoms with Crippen molar-refractivity contribution in [2.45, 2.75) is 24.3 Å². The molecule has 1 aromatic heterocycles. The number of aliphatic carboxylic acids is 1. The van der Waals surface area contributed by atoms with Gasteiger partial charge in [-0.2, -0.15) is 0 Å². The molecule has 0 amide bonds. The van der Waals surface area contributed by atoms with Gasteiger partial charge in [-0.25, -0.2) is 4.79 Å². The molecule has 32 heavy (non-hydrogen) atoms. The third-order valence-electron chi connectivity index (χ3n) is 4.75. The van der Waals surface area contributed by atoms with Crippen molar-refractivity contribution >= 4 is 40.6 Å². The number of carboxylic acid groups (broad SMARTS) is 1. The topological polar surface area (TPSA) is 95.2 Å². The first-order chi connectivity index (χ1) is 15.2. The van der Waals surface area contributed by atoms with Gasteiger partial charge in [0.15, 0.2) is 22.9 Å². The zero-order valence-electron chi connectivity index (χ0n) is 18.4. The molecule has 0 aliphatic carbocycles. The van der Waals surface area contributed by atoms with Crippen molar-refractivity contribution < 1.29 is 33.3 Å². The number of fused-ring (bicyclic) bond motifs is 1. The second-order valence-electron chi connectivity index (χ2n) is 7.38. The fourth-order valence-electron chi connectivity index (χ4n) is 2.91. The molecule has 0 saturated heterocycles. The lowest BCUT2D eigenvalue weighted by Crippen LogP contribution is -2.38. The van der Waals surface area contributed by atoms with Crippen LogP contribution in [0.1, 0.15) is 30.0 Å². The Hall–Kier alpha value is -3.39. The van der Waals surface area contributed by atoms with E-state index in [4.69, 9.17) is 18.6 Å². The normalized spacial score (nSPS) is 11.7. The Labute approximate surface area is 190 Å². The SMILES string of the molecule is COc1cc(C=CC(=O)c2cc3ccc(SC)cc3o2)cc(OC)c1OC(C)(C)C(=O)O. The van der Waals surface area contributed by atoms with Gasteiger partial charge in [0.1, 0.15) is 5.58 Å². The zero-order valence-corrected chi connectivity index (χ0v) is 19.2. The van der Waals surface area contributed by atoms with Crippen LogP contribution in [0.2, 0.25) is 0 Å². The molecule has 2 aromatic carbocycles. The minimum atomic E-state index is -1.49. The van der Waals surface area contributed by atoms with Gasteiger partial charge in [-0.05, 0) is 68.1 Å². The maximum Gasteiger partial charge on any atom is 0.347 e. The third-order valence-corrected chi connectivity index (χ3v) is 5.48. The lowest BCUT2D eigenvalue weighted by Gasteiger charge is -2.24. The second kappa shape index (κ2) is 9.40. The summed E-state index contributed by atoms with van der Waals surface area (Å²) in [4.78, 5) is 25.1. The summed E-state index contributed by atoms with van der Waals surface area (Å²) >= 11 is 1.60. The molecule has 8 heteroatoms. The highest BCUT2D eigenvalue weighted by atomic mass is 32.2. The number of ketones is 1. The Bertz CT molecular complexity index is 1170. The molecular weight excluding hydrogens is 432 g/mol. The van der Waals surface area contributed by atoms with Gasteiger partial charge in [0.05, 0.1) is 14.2 Å². The van der Waals surface area contributed by atoms with Crippen molar-refractivity contribution in [3.8, 4) is 17.2 Å². The largest absolute Gasteiger partial charge is 0.493 e. The maximum atomic E-state index is 12.6. The fraction of sp³-hybridized carbons (Fsp3) is 0.250. The number of benzene rings is 2. The van der Waals surface area contributed by atoms with Crippen LogP contribution >= 0.6 is 11.8 Å². The number of methoxy groups -OCH3 is 2. The van der Waals surface area contributed by atoms with E-state index in [1.165, 1.54) is 34.1 Å². The van der Waals surface area contributed by atoms with Crippen molar-refractivity contribution in [3.05, 3.63) is 53.8 Å². The van der Waals surface area contributed by atoms with Crippen molar-refractivity contribution in [2.24, 2.45) is 0 Å². The van der Waals surface area contributed by atoms with Gasteiger partial charge >= 0.3 is 5.97 Å². The van der Waals surface area contributed by atoms with Crippen LogP contribution in [0.5, 0.6) is 17.2 Å². The minimum Gasteiger partial charge on any atom is -0.493 e. The van der Waals surface area contributed by atoms with Crippen LogP contribution in [0.25, 0.3) is 17.0 Å². The van der Waals surface area contributed by atoms with Crippen LogP contribution in [-0.4, -0.2) is 42.9 Å². The standard InChI is InChI=1S/C24H24O7S/c1-24(2,23(26)27)31-22-20(28-3)10-14(11-21(22)29-4)6-9-17(25)19-12-15-7-8-16(32-5)13-18(15)30-19/h6-13H,1-5H3,(H,26,27). The van der Waals surface area contributed by atoms with Gasteiger partial charge in [0.2, 0.25) is 11.5 Å². The first-order valence-corrected chi connectivity index (χ1v) is 10.9. The Morgan fingerprint density at radius 1 is 1.06 bits per heavy atom. The smallest absolute Gasteiger partial charge is 0.347 e. The molecule has 3 rings (SSSR count). The summed E-state index contributed by atoms with van der Waals surface area (Å²) in [7, 11) is 2.87. The van der Waals surface area contributed by atoms with E-state index in [0.717, 1.165) is 10.3 Å². The second-order valence-corrected chi connectivity index (χ2v) is 8.26. The predicted octanol–water partition coefficient (Wildman–Crippen LogP) is 5.31. The van der Waals surface area contributed by atoms with Gasteiger partial charge in [0.25, 0.3) is 0 Å².